The summed E-state index contributed by atoms with van der Waals surface area (Å²) in [6.45, 7) is 2.72. The summed E-state index contributed by atoms with van der Waals surface area (Å²) in [5, 5.41) is 19.8. The number of carbonyl (C=O) groups is 1. The predicted octanol–water partition coefficient (Wildman–Crippen LogP) is -1.56. The molecule has 0 radical (unpaired) electrons. The quantitative estimate of drug-likeness (QED) is 0.565. The summed E-state index contributed by atoms with van der Waals surface area (Å²) in [5.74, 6) is -0.577. The molecule has 1 fully saturated rings. The fourth-order valence-corrected chi connectivity index (χ4v) is 2.41. The van der Waals surface area contributed by atoms with Gasteiger partial charge in [-0.3, -0.25) is 19.1 Å². The average Bonchev–Trinajstić information content (AvgIpc) is 2.62. The molecule has 0 aromatic carbocycles. The highest BCUT2D eigenvalue weighted by Gasteiger charge is 2.44. The molecule has 1 aliphatic rings. The van der Waals surface area contributed by atoms with Gasteiger partial charge in [-0.1, -0.05) is 0 Å². The van der Waals surface area contributed by atoms with Crippen LogP contribution in [0.4, 0.5) is 0 Å². The molecule has 0 aliphatic heterocycles. The van der Waals surface area contributed by atoms with Gasteiger partial charge in [0.25, 0.3) is 5.56 Å². The van der Waals surface area contributed by atoms with Crippen molar-refractivity contribution in [3.8, 4) is 0 Å². The molecule has 4 atom stereocenters. The van der Waals surface area contributed by atoms with E-state index in [-0.39, 0.29) is 6.42 Å². The Morgan fingerprint density at radius 3 is 2.65 bits per heavy atom. The first-order valence-corrected chi connectivity index (χ1v) is 6.16. The van der Waals surface area contributed by atoms with Gasteiger partial charge in [-0.25, -0.2) is 4.79 Å². The molecule has 0 amide bonds. The number of nitrogens with zero attached hydrogens (tertiary/aromatic N) is 1. The number of aliphatic hydroxyl groups excluding tert-OH is 2. The standard InChI is InChI=1S/C12H16N2O6/c1-5-4-14(12(19)13-11(5)18)7-3-8(20-6(2)15)10(17)9(7)16/h4,7-10,16-17H,3H2,1-2H3,(H,13,18,19). The fraction of sp³-hybridized carbons (Fsp3) is 0.583. The molecule has 0 saturated heterocycles. The van der Waals surface area contributed by atoms with E-state index in [2.05, 4.69) is 4.98 Å². The lowest BCUT2D eigenvalue weighted by Gasteiger charge is -2.18. The van der Waals surface area contributed by atoms with E-state index in [1.54, 1.807) is 0 Å². The molecule has 20 heavy (non-hydrogen) atoms. The Kier molecular flexibility index (Phi) is 3.78. The van der Waals surface area contributed by atoms with E-state index in [0.29, 0.717) is 5.56 Å². The number of carbonyl (C=O) groups excluding carboxylic acids is 1. The van der Waals surface area contributed by atoms with E-state index >= 15 is 0 Å². The predicted molar refractivity (Wildman–Crippen MR) is 67.3 cm³/mol. The Morgan fingerprint density at radius 1 is 1.40 bits per heavy atom. The van der Waals surface area contributed by atoms with Crippen LogP contribution in [-0.2, 0) is 9.53 Å². The van der Waals surface area contributed by atoms with Crippen LogP contribution in [0, 0.1) is 6.92 Å². The van der Waals surface area contributed by atoms with Gasteiger partial charge in [-0.15, -0.1) is 0 Å². The molecule has 8 nitrogen and oxygen atoms in total. The van der Waals surface area contributed by atoms with Gasteiger partial charge in [0, 0.05) is 25.1 Å². The Labute approximate surface area is 113 Å². The van der Waals surface area contributed by atoms with E-state index in [1.807, 2.05) is 0 Å². The maximum atomic E-state index is 11.8. The highest BCUT2D eigenvalue weighted by Crippen LogP contribution is 2.31. The molecule has 1 heterocycles. The number of hydrogen-bond donors (Lipinski definition) is 3. The number of aryl methyl sites for hydroxylation is 1. The second-order valence-corrected chi connectivity index (χ2v) is 4.91. The lowest BCUT2D eigenvalue weighted by atomic mass is 10.2. The van der Waals surface area contributed by atoms with Crippen molar-refractivity contribution in [3.05, 3.63) is 32.6 Å². The number of hydrogen-bond acceptors (Lipinski definition) is 6. The fourth-order valence-electron chi connectivity index (χ4n) is 2.41. The third kappa shape index (κ3) is 2.52. The van der Waals surface area contributed by atoms with Gasteiger partial charge in [-0.05, 0) is 6.92 Å². The summed E-state index contributed by atoms with van der Waals surface area (Å²) >= 11 is 0. The van der Waals surface area contributed by atoms with E-state index in [1.165, 1.54) is 20.0 Å². The van der Waals surface area contributed by atoms with E-state index < -0.39 is 41.6 Å². The van der Waals surface area contributed by atoms with Crippen LogP contribution in [0.3, 0.4) is 0 Å². The molecule has 8 heteroatoms. The Morgan fingerprint density at radius 2 is 2.05 bits per heavy atom. The summed E-state index contributed by atoms with van der Waals surface area (Å²) in [5.41, 5.74) is -0.877. The third-order valence-corrected chi connectivity index (χ3v) is 3.42. The van der Waals surface area contributed by atoms with Crippen molar-refractivity contribution in [1.82, 2.24) is 9.55 Å². The zero-order valence-corrected chi connectivity index (χ0v) is 11.1. The zero-order chi connectivity index (χ0) is 15.0. The molecule has 1 aromatic heterocycles. The first-order chi connectivity index (χ1) is 9.31. The molecular weight excluding hydrogens is 268 g/mol. The second kappa shape index (κ2) is 5.22. The SMILES string of the molecule is CC(=O)OC1CC(n2cc(C)c(=O)[nH]c2=O)C(O)C1O. The third-order valence-electron chi connectivity index (χ3n) is 3.42. The van der Waals surface area contributed by atoms with Crippen molar-refractivity contribution in [2.75, 3.05) is 0 Å². The summed E-state index contributed by atoms with van der Waals surface area (Å²) < 4.78 is 6.05. The topological polar surface area (TPSA) is 122 Å². The van der Waals surface area contributed by atoms with Crippen molar-refractivity contribution in [2.45, 2.75) is 44.6 Å². The largest absolute Gasteiger partial charge is 0.460 e. The number of rotatable bonds is 2. The lowest BCUT2D eigenvalue weighted by Crippen LogP contribution is -2.38. The number of H-pyrrole nitrogens is 1. The van der Waals surface area contributed by atoms with Crippen LogP contribution in [0.2, 0.25) is 0 Å². The summed E-state index contributed by atoms with van der Waals surface area (Å²) in [6, 6.07) is -0.766. The minimum absolute atomic E-state index is 0.0906. The van der Waals surface area contributed by atoms with Crippen LogP contribution >= 0.6 is 0 Å². The smallest absolute Gasteiger partial charge is 0.328 e. The molecular formula is C12H16N2O6. The number of nitrogens with one attached hydrogen (secondary N) is 1. The molecule has 110 valence electrons. The van der Waals surface area contributed by atoms with Crippen LogP contribution in [0.5, 0.6) is 0 Å². The van der Waals surface area contributed by atoms with Crippen LogP contribution < -0.4 is 11.2 Å². The van der Waals surface area contributed by atoms with Crippen molar-refractivity contribution in [3.63, 3.8) is 0 Å². The van der Waals surface area contributed by atoms with Crippen molar-refractivity contribution >= 4 is 5.97 Å². The van der Waals surface area contributed by atoms with Crippen molar-refractivity contribution in [1.29, 1.82) is 0 Å². The second-order valence-electron chi connectivity index (χ2n) is 4.91. The first-order valence-electron chi connectivity index (χ1n) is 6.16. The van der Waals surface area contributed by atoms with Crippen LogP contribution in [0.1, 0.15) is 24.9 Å². The molecule has 0 bridgehead atoms. The highest BCUT2D eigenvalue weighted by atomic mass is 16.6. The number of esters is 1. The summed E-state index contributed by atoms with van der Waals surface area (Å²) in [4.78, 5) is 36.1. The number of aromatic nitrogens is 2. The van der Waals surface area contributed by atoms with Crippen LogP contribution in [-0.4, -0.2) is 44.0 Å². The number of aliphatic hydroxyl groups is 2. The molecule has 1 saturated carbocycles. The van der Waals surface area contributed by atoms with Crippen LogP contribution in [0.15, 0.2) is 15.8 Å². The van der Waals surface area contributed by atoms with Gasteiger partial charge in [-0.2, -0.15) is 0 Å². The molecule has 0 spiro atoms. The van der Waals surface area contributed by atoms with Crippen LogP contribution in [0.25, 0.3) is 0 Å². The highest BCUT2D eigenvalue weighted by molar-refractivity contribution is 5.66. The van der Waals surface area contributed by atoms with E-state index in [9.17, 15) is 24.6 Å². The van der Waals surface area contributed by atoms with E-state index in [4.69, 9.17) is 4.74 Å². The average molecular weight is 284 g/mol. The van der Waals surface area contributed by atoms with Gasteiger partial charge >= 0.3 is 11.7 Å². The van der Waals surface area contributed by atoms with Crippen molar-refractivity contribution < 1.29 is 19.7 Å². The molecule has 1 aliphatic carbocycles. The molecule has 4 unspecified atom stereocenters. The molecule has 3 N–H and O–H groups in total. The lowest BCUT2D eigenvalue weighted by molar-refractivity contribution is -0.152. The minimum Gasteiger partial charge on any atom is -0.460 e. The normalized spacial score (nSPS) is 29.4. The monoisotopic (exact) mass is 284 g/mol. The van der Waals surface area contributed by atoms with Gasteiger partial charge in [0.05, 0.1) is 6.04 Å². The van der Waals surface area contributed by atoms with Gasteiger partial charge in [0.15, 0.2) is 0 Å². The Hall–Kier alpha value is -1.93. The Balaban J connectivity index is 2.34. The minimum atomic E-state index is -1.27. The zero-order valence-electron chi connectivity index (χ0n) is 11.1. The van der Waals surface area contributed by atoms with E-state index in [0.717, 1.165) is 4.57 Å². The maximum absolute atomic E-state index is 11.8. The van der Waals surface area contributed by atoms with Gasteiger partial charge in [0.1, 0.15) is 18.3 Å². The van der Waals surface area contributed by atoms with Crippen molar-refractivity contribution in [2.24, 2.45) is 0 Å². The molecule has 1 aromatic rings. The first kappa shape index (κ1) is 14.5. The summed E-state index contributed by atoms with van der Waals surface area (Å²) in [7, 11) is 0. The molecule has 2 rings (SSSR count). The van der Waals surface area contributed by atoms with Gasteiger partial charge in [0.2, 0.25) is 0 Å². The van der Waals surface area contributed by atoms with Gasteiger partial charge < -0.3 is 14.9 Å². The maximum Gasteiger partial charge on any atom is 0.328 e. The Bertz CT molecular complexity index is 634. The number of aromatic amines is 1. The summed E-state index contributed by atoms with van der Waals surface area (Å²) in [6.07, 6.45) is -2.01. The number of ether oxygens (including phenoxy) is 1.